The van der Waals surface area contributed by atoms with Crippen LogP contribution in [0, 0.1) is 13.8 Å². The van der Waals surface area contributed by atoms with Crippen molar-refractivity contribution in [3.05, 3.63) is 52.8 Å². The molecule has 2 aromatic rings. The van der Waals surface area contributed by atoms with Crippen molar-refractivity contribution in [2.45, 2.75) is 26.9 Å². The quantitative estimate of drug-likeness (QED) is 0.760. The molecule has 6 nitrogen and oxygen atoms in total. The first-order valence-electron chi connectivity index (χ1n) is 8.14. The van der Waals surface area contributed by atoms with Crippen LogP contribution < -0.4 is 5.32 Å². The van der Waals surface area contributed by atoms with Gasteiger partial charge in [-0.3, -0.25) is 14.4 Å². The molecule has 1 aromatic carbocycles. The van der Waals surface area contributed by atoms with E-state index in [1.54, 1.807) is 4.90 Å². The number of carbonyl (C=O) groups excluding carboxylic acids is 1. The number of nitrogens with one attached hydrogen (secondary N) is 1. The van der Waals surface area contributed by atoms with E-state index in [4.69, 9.17) is 5.11 Å². The van der Waals surface area contributed by atoms with E-state index in [0.29, 0.717) is 13.1 Å². The number of hydrogen-bond donors (Lipinski definition) is 2. The van der Waals surface area contributed by atoms with Gasteiger partial charge < -0.3 is 10.4 Å². The Morgan fingerprint density at radius 3 is 2.67 bits per heavy atom. The lowest BCUT2D eigenvalue weighted by atomic mass is 10.2. The highest BCUT2D eigenvalue weighted by Crippen LogP contribution is 2.14. The van der Waals surface area contributed by atoms with Crippen molar-refractivity contribution in [2.24, 2.45) is 0 Å². The third-order valence-electron chi connectivity index (χ3n) is 4.06. The minimum atomic E-state index is -0.0550. The van der Waals surface area contributed by atoms with E-state index in [1.807, 2.05) is 43.8 Å². The Morgan fingerprint density at radius 2 is 2.00 bits per heavy atom. The molecule has 2 rings (SSSR count). The number of nitrogens with zero attached hydrogens (tertiary/aromatic N) is 3. The minimum absolute atomic E-state index is 0.0499. The molecule has 1 aromatic heterocycles. The number of amides is 1. The summed E-state index contributed by atoms with van der Waals surface area (Å²) in [6.07, 6.45) is 0. The van der Waals surface area contributed by atoms with Crippen LogP contribution in [-0.4, -0.2) is 52.4 Å². The van der Waals surface area contributed by atoms with E-state index in [-0.39, 0.29) is 19.1 Å². The van der Waals surface area contributed by atoms with Crippen molar-refractivity contribution in [3.8, 4) is 0 Å². The Balaban J connectivity index is 1.97. The molecule has 0 aliphatic carbocycles. The molecule has 1 amide bonds. The normalized spacial score (nSPS) is 11.0. The number of aryl methyl sites for hydroxylation is 1. The van der Waals surface area contributed by atoms with Gasteiger partial charge in [-0.1, -0.05) is 30.3 Å². The third-order valence-corrected chi connectivity index (χ3v) is 4.06. The van der Waals surface area contributed by atoms with Crippen LogP contribution in [-0.2, 0) is 17.9 Å². The van der Waals surface area contributed by atoms with Gasteiger partial charge in [0.1, 0.15) is 0 Å². The van der Waals surface area contributed by atoms with Crippen LogP contribution >= 0.6 is 0 Å². The number of aliphatic hydroxyl groups excluding tert-OH is 1. The average molecular weight is 330 g/mol. The monoisotopic (exact) mass is 330 g/mol. The summed E-state index contributed by atoms with van der Waals surface area (Å²) in [5.74, 6) is -0.0550. The van der Waals surface area contributed by atoms with Gasteiger partial charge in [0.2, 0.25) is 5.91 Å². The molecule has 0 bridgehead atoms. The summed E-state index contributed by atoms with van der Waals surface area (Å²) >= 11 is 0. The van der Waals surface area contributed by atoms with Gasteiger partial charge >= 0.3 is 0 Å². The molecule has 0 radical (unpaired) electrons. The largest absolute Gasteiger partial charge is 0.395 e. The fourth-order valence-electron chi connectivity index (χ4n) is 2.64. The van der Waals surface area contributed by atoms with E-state index in [0.717, 1.165) is 23.5 Å². The van der Waals surface area contributed by atoms with Crippen molar-refractivity contribution < 1.29 is 9.90 Å². The maximum absolute atomic E-state index is 12.0. The van der Waals surface area contributed by atoms with E-state index in [9.17, 15) is 4.79 Å². The minimum Gasteiger partial charge on any atom is -0.395 e. The molecule has 0 saturated heterocycles. The third kappa shape index (κ3) is 4.91. The van der Waals surface area contributed by atoms with Gasteiger partial charge in [-0.15, -0.1) is 0 Å². The average Bonchev–Trinajstić information content (AvgIpc) is 2.80. The summed E-state index contributed by atoms with van der Waals surface area (Å²) in [5, 5.41) is 16.4. The molecule has 0 atom stereocenters. The zero-order chi connectivity index (χ0) is 17.5. The second kappa shape index (κ2) is 8.61. The summed E-state index contributed by atoms with van der Waals surface area (Å²) in [4.78, 5) is 13.7. The summed E-state index contributed by atoms with van der Waals surface area (Å²) in [6.45, 7) is 6.00. The Labute approximate surface area is 143 Å². The standard InChI is InChI=1S/C18H26N4O2/c1-14-17(11-19-18(24)13-21(3)9-10-23)15(2)22(20-14)12-16-7-5-4-6-8-16/h4-8,23H,9-13H2,1-3H3,(H,19,24). The van der Waals surface area contributed by atoms with Gasteiger partial charge in [0.15, 0.2) is 0 Å². The lowest BCUT2D eigenvalue weighted by Crippen LogP contribution is -2.36. The van der Waals surface area contributed by atoms with Gasteiger partial charge in [-0.25, -0.2) is 0 Å². The first-order valence-corrected chi connectivity index (χ1v) is 8.14. The summed E-state index contributed by atoms with van der Waals surface area (Å²) in [6, 6.07) is 10.2. The van der Waals surface area contributed by atoms with Crippen LogP contribution in [0.2, 0.25) is 0 Å². The van der Waals surface area contributed by atoms with Gasteiger partial charge in [0.25, 0.3) is 0 Å². The van der Waals surface area contributed by atoms with E-state index in [1.165, 1.54) is 5.56 Å². The van der Waals surface area contributed by atoms with E-state index in [2.05, 4.69) is 22.5 Å². The lowest BCUT2D eigenvalue weighted by Gasteiger charge is -2.14. The van der Waals surface area contributed by atoms with Crippen LogP contribution in [0.15, 0.2) is 30.3 Å². The Bertz CT molecular complexity index is 667. The van der Waals surface area contributed by atoms with Crippen LogP contribution in [0.25, 0.3) is 0 Å². The van der Waals surface area contributed by atoms with Crippen LogP contribution in [0.1, 0.15) is 22.5 Å². The Morgan fingerprint density at radius 1 is 1.29 bits per heavy atom. The van der Waals surface area contributed by atoms with Crippen LogP contribution in [0.4, 0.5) is 0 Å². The number of carbonyl (C=O) groups is 1. The van der Waals surface area contributed by atoms with Gasteiger partial charge in [-0.05, 0) is 26.5 Å². The molecule has 0 saturated carbocycles. The number of aliphatic hydroxyl groups is 1. The zero-order valence-corrected chi connectivity index (χ0v) is 14.6. The van der Waals surface area contributed by atoms with Gasteiger partial charge in [0, 0.05) is 24.3 Å². The molecule has 0 unspecified atom stereocenters. The predicted molar refractivity (Wildman–Crippen MR) is 93.7 cm³/mol. The van der Waals surface area contributed by atoms with E-state index < -0.39 is 0 Å². The van der Waals surface area contributed by atoms with Crippen LogP contribution in [0.5, 0.6) is 0 Å². The van der Waals surface area contributed by atoms with E-state index >= 15 is 0 Å². The van der Waals surface area contributed by atoms with Crippen molar-refractivity contribution in [3.63, 3.8) is 0 Å². The van der Waals surface area contributed by atoms with Gasteiger partial charge in [-0.2, -0.15) is 5.10 Å². The van der Waals surface area contributed by atoms with Crippen molar-refractivity contribution in [1.29, 1.82) is 0 Å². The summed E-state index contributed by atoms with van der Waals surface area (Å²) < 4.78 is 1.98. The number of likely N-dealkylation sites (N-methyl/N-ethyl adjacent to an activating group) is 1. The Hall–Kier alpha value is -2.18. The van der Waals surface area contributed by atoms with Crippen molar-refractivity contribution in [2.75, 3.05) is 26.7 Å². The first kappa shape index (κ1) is 18.2. The maximum Gasteiger partial charge on any atom is 0.234 e. The fourth-order valence-corrected chi connectivity index (χ4v) is 2.64. The lowest BCUT2D eigenvalue weighted by molar-refractivity contribution is -0.122. The number of rotatable bonds is 8. The SMILES string of the molecule is Cc1nn(Cc2ccccc2)c(C)c1CNC(=O)CN(C)CCO. The van der Waals surface area contributed by atoms with Crippen LogP contribution in [0.3, 0.4) is 0 Å². The number of aromatic nitrogens is 2. The second-order valence-corrected chi connectivity index (χ2v) is 6.03. The molecule has 0 aliphatic heterocycles. The molecule has 0 aliphatic rings. The van der Waals surface area contributed by atoms with Crippen molar-refractivity contribution >= 4 is 5.91 Å². The molecule has 2 N–H and O–H groups in total. The second-order valence-electron chi connectivity index (χ2n) is 6.03. The Kier molecular flexibility index (Phi) is 6.52. The molecule has 1 heterocycles. The molecule has 6 heteroatoms. The van der Waals surface area contributed by atoms with Crippen molar-refractivity contribution in [1.82, 2.24) is 20.0 Å². The van der Waals surface area contributed by atoms with Gasteiger partial charge in [0.05, 0.1) is 25.4 Å². The zero-order valence-electron chi connectivity index (χ0n) is 14.6. The number of benzene rings is 1. The summed E-state index contributed by atoms with van der Waals surface area (Å²) in [5.41, 5.74) is 4.27. The summed E-state index contributed by atoms with van der Waals surface area (Å²) in [7, 11) is 1.81. The molecule has 0 spiro atoms. The first-order chi connectivity index (χ1) is 11.5. The molecule has 130 valence electrons. The topological polar surface area (TPSA) is 70.4 Å². The highest BCUT2D eigenvalue weighted by molar-refractivity contribution is 5.78. The molecule has 24 heavy (non-hydrogen) atoms. The highest BCUT2D eigenvalue weighted by Gasteiger charge is 2.13. The molecular formula is C18H26N4O2. The number of hydrogen-bond acceptors (Lipinski definition) is 4. The smallest absolute Gasteiger partial charge is 0.234 e. The fraction of sp³-hybridized carbons (Fsp3) is 0.444. The molecule has 0 fully saturated rings. The highest BCUT2D eigenvalue weighted by atomic mass is 16.3. The maximum atomic E-state index is 12.0. The molecular weight excluding hydrogens is 304 g/mol. The predicted octanol–water partition coefficient (Wildman–Crippen LogP) is 1.09.